The third kappa shape index (κ3) is 15.7. The van der Waals surface area contributed by atoms with Crippen LogP contribution < -0.4 is 0 Å². The fourth-order valence-corrected chi connectivity index (χ4v) is 1.76. The quantitative estimate of drug-likeness (QED) is 0.647. The smallest absolute Gasteiger partial charge is 0.224 e. The second kappa shape index (κ2) is 15.3. The Morgan fingerprint density at radius 2 is 1.45 bits per heavy atom. The first kappa shape index (κ1) is 23.6. The van der Waals surface area contributed by atoms with Gasteiger partial charge in [0.25, 0.3) is 0 Å². The summed E-state index contributed by atoms with van der Waals surface area (Å²) >= 11 is 0. The van der Waals surface area contributed by atoms with Gasteiger partial charge in [-0.15, -0.1) is 0 Å². The molecule has 0 saturated carbocycles. The molecule has 0 aromatic carbocycles. The first-order chi connectivity index (χ1) is 10.3. The Hall–Kier alpha value is -0.650. The average molecular weight is 321 g/mol. The summed E-state index contributed by atoms with van der Waals surface area (Å²) in [5.74, 6) is 1.46. The van der Waals surface area contributed by atoms with Crippen molar-refractivity contribution < 1.29 is 16.4 Å². The van der Waals surface area contributed by atoms with Crippen molar-refractivity contribution in [3.8, 4) is 0 Å². The highest BCUT2D eigenvalue weighted by Crippen LogP contribution is 1.99. The van der Waals surface area contributed by atoms with Crippen LogP contribution >= 0.6 is 0 Å². The molecule has 5 nitrogen and oxygen atoms in total. The van der Waals surface area contributed by atoms with Gasteiger partial charge in [-0.25, -0.2) is 0 Å². The molecule has 0 heterocycles. The number of hydrogen-bond donors (Lipinski definition) is 2. The van der Waals surface area contributed by atoms with Crippen molar-refractivity contribution in [2.75, 3.05) is 46.4 Å². The summed E-state index contributed by atoms with van der Waals surface area (Å²) in [5.41, 5.74) is 0. The van der Waals surface area contributed by atoms with Crippen LogP contribution in [-0.2, 0) is 4.79 Å². The number of aliphatic hydroxyl groups excluding tert-OH is 2. The van der Waals surface area contributed by atoms with Gasteiger partial charge in [0.15, 0.2) is 0 Å². The maximum atomic E-state index is 11.8. The summed E-state index contributed by atoms with van der Waals surface area (Å²) in [6.45, 7) is 13.1. The maximum Gasteiger partial charge on any atom is 0.224 e. The Morgan fingerprint density at radius 3 is 1.77 bits per heavy atom. The molecule has 0 rings (SSSR count). The zero-order valence-electron chi connectivity index (χ0n) is 15.5. The average Bonchev–Trinajstić information content (AvgIpc) is 2.44. The molecule has 0 aliphatic rings. The second-order valence-electron chi connectivity index (χ2n) is 6.54. The Morgan fingerprint density at radius 1 is 1.00 bits per heavy atom. The van der Waals surface area contributed by atoms with Crippen molar-refractivity contribution in [3.63, 3.8) is 0 Å². The summed E-state index contributed by atoms with van der Waals surface area (Å²) in [6, 6.07) is 0. The van der Waals surface area contributed by atoms with Gasteiger partial charge >= 0.3 is 0 Å². The molecule has 0 fully saturated rings. The Bertz CT molecular complexity index is 258. The van der Waals surface area contributed by atoms with Gasteiger partial charge < -0.3 is 20.0 Å². The zero-order chi connectivity index (χ0) is 17.5. The van der Waals surface area contributed by atoms with Crippen LogP contribution in [0.4, 0.5) is 0 Å². The van der Waals surface area contributed by atoms with Crippen LogP contribution in [0.3, 0.4) is 0 Å². The fourth-order valence-electron chi connectivity index (χ4n) is 1.76. The lowest BCUT2D eigenvalue weighted by Gasteiger charge is -2.23. The number of amides is 1. The van der Waals surface area contributed by atoms with E-state index in [4.69, 9.17) is 10.2 Å². The number of aliphatic hydroxyl groups is 2. The van der Waals surface area contributed by atoms with Crippen molar-refractivity contribution >= 4 is 5.91 Å². The van der Waals surface area contributed by atoms with E-state index in [0.717, 1.165) is 12.5 Å². The number of hydrogen-bond acceptors (Lipinski definition) is 4. The first-order valence-corrected chi connectivity index (χ1v) is 8.46. The number of carbonyl (C=O) groups is 1. The molecule has 136 valence electrons. The van der Waals surface area contributed by atoms with Crippen LogP contribution in [0.2, 0.25) is 0 Å². The van der Waals surface area contributed by atoms with Crippen LogP contribution in [0.15, 0.2) is 0 Å². The normalized spacial score (nSPS) is 10.9. The molecule has 0 spiro atoms. The number of rotatable bonds is 10. The Labute approximate surface area is 138 Å². The molecule has 0 aromatic heterocycles. The van der Waals surface area contributed by atoms with Gasteiger partial charge in [0.1, 0.15) is 0 Å². The van der Waals surface area contributed by atoms with Crippen LogP contribution in [0.25, 0.3) is 0 Å². The van der Waals surface area contributed by atoms with E-state index < -0.39 is 0 Å². The molecule has 0 aliphatic heterocycles. The van der Waals surface area contributed by atoms with Crippen LogP contribution in [0.1, 0.15) is 48.9 Å². The van der Waals surface area contributed by atoms with Crippen LogP contribution in [0, 0.1) is 11.8 Å². The molecule has 0 aromatic rings. The summed E-state index contributed by atoms with van der Waals surface area (Å²) in [4.78, 5) is 15.4. The van der Waals surface area contributed by atoms with E-state index in [0.29, 0.717) is 32.0 Å². The van der Waals surface area contributed by atoms with Gasteiger partial charge in [0.05, 0.1) is 13.2 Å². The molecule has 1 amide bonds. The topological polar surface area (TPSA) is 64.0 Å². The van der Waals surface area contributed by atoms with Crippen molar-refractivity contribution in [2.24, 2.45) is 11.8 Å². The minimum atomic E-state index is -0.0619. The maximum absolute atomic E-state index is 11.8. The number of carbonyl (C=O) groups excluding carboxylic acids is 1. The van der Waals surface area contributed by atoms with Gasteiger partial charge in [0, 0.05) is 34.0 Å². The SMILES string of the molecule is CC(C)CN(C)CCC(=O)N(CCO)CCO.CCC(C)C.[HH]. The molecule has 0 unspecified atom stereocenters. The van der Waals surface area contributed by atoms with Gasteiger partial charge in [-0.2, -0.15) is 0 Å². The minimum absolute atomic E-state index is 0. The predicted molar refractivity (Wildman–Crippen MR) is 94.9 cm³/mol. The van der Waals surface area contributed by atoms with Crippen molar-refractivity contribution in [1.29, 1.82) is 0 Å². The molecular formula is C17H40N2O3. The second-order valence-corrected chi connectivity index (χ2v) is 6.54. The van der Waals surface area contributed by atoms with Gasteiger partial charge in [-0.1, -0.05) is 41.0 Å². The fraction of sp³-hybridized carbons (Fsp3) is 0.941. The monoisotopic (exact) mass is 320 g/mol. The molecule has 22 heavy (non-hydrogen) atoms. The highest BCUT2D eigenvalue weighted by molar-refractivity contribution is 5.76. The molecule has 0 saturated heterocycles. The predicted octanol–water partition coefficient (Wildman–Crippen LogP) is 2.08. The van der Waals surface area contributed by atoms with E-state index in [1.54, 1.807) is 0 Å². The van der Waals surface area contributed by atoms with Gasteiger partial charge in [-0.05, 0) is 18.9 Å². The van der Waals surface area contributed by atoms with E-state index >= 15 is 0 Å². The Kier molecular flexibility index (Phi) is 16.4. The summed E-state index contributed by atoms with van der Waals surface area (Å²) in [5, 5.41) is 17.6. The van der Waals surface area contributed by atoms with Crippen molar-refractivity contribution in [2.45, 2.75) is 47.5 Å². The van der Waals surface area contributed by atoms with Gasteiger partial charge in [0.2, 0.25) is 5.91 Å². The molecule has 0 radical (unpaired) electrons. The Balaban J connectivity index is -0.000000578. The van der Waals surface area contributed by atoms with E-state index in [-0.39, 0.29) is 20.5 Å². The van der Waals surface area contributed by atoms with Crippen LogP contribution in [-0.4, -0.2) is 72.4 Å². The summed E-state index contributed by atoms with van der Waals surface area (Å²) in [6.07, 6.45) is 1.74. The summed E-state index contributed by atoms with van der Waals surface area (Å²) < 4.78 is 0. The lowest BCUT2D eigenvalue weighted by molar-refractivity contribution is -0.132. The molecule has 5 heteroatoms. The van der Waals surface area contributed by atoms with Crippen molar-refractivity contribution in [3.05, 3.63) is 0 Å². The molecular weight excluding hydrogens is 280 g/mol. The first-order valence-electron chi connectivity index (χ1n) is 8.46. The molecule has 0 atom stereocenters. The molecule has 0 aliphatic carbocycles. The molecule has 2 N–H and O–H groups in total. The molecule has 0 bridgehead atoms. The van der Waals surface area contributed by atoms with E-state index in [9.17, 15) is 4.79 Å². The zero-order valence-corrected chi connectivity index (χ0v) is 15.5. The van der Waals surface area contributed by atoms with Gasteiger partial charge in [-0.3, -0.25) is 4.79 Å². The highest BCUT2D eigenvalue weighted by atomic mass is 16.3. The minimum Gasteiger partial charge on any atom is -0.395 e. The van der Waals surface area contributed by atoms with E-state index in [2.05, 4.69) is 39.5 Å². The third-order valence-electron chi connectivity index (χ3n) is 3.29. The summed E-state index contributed by atoms with van der Waals surface area (Å²) in [7, 11) is 2.00. The van der Waals surface area contributed by atoms with E-state index in [1.165, 1.54) is 11.3 Å². The lowest BCUT2D eigenvalue weighted by Crippen LogP contribution is -2.38. The lowest BCUT2D eigenvalue weighted by atomic mass is 10.2. The highest BCUT2D eigenvalue weighted by Gasteiger charge is 2.13. The third-order valence-corrected chi connectivity index (χ3v) is 3.29. The van der Waals surface area contributed by atoms with Crippen LogP contribution in [0.5, 0.6) is 0 Å². The van der Waals surface area contributed by atoms with Crippen molar-refractivity contribution in [1.82, 2.24) is 9.80 Å². The number of nitrogens with zero attached hydrogens (tertiary/aromatic N) is 2. The largest absolute Gasteiger partial charge is 0.395 e. The standard InChI is InChI=1S/C12H26N2O3.C5H12.H2/c1-11(2)10-13(3)5-4-12(17)14(6-8-15)7-9-16;1-4-5(2)3;/h11,15-16H,4-10H2,1-3H3;5H,4H2,1-3H3;1H. The van der Waals surface area contributed by atoms with E-state index in [1.807, 2.05) is 7.05 Å².